The number of rotatable bonds is 5. The summed E-state index contributed by atoms with van der Waals surface area (Å²) in [5, 5.41) is 3.16. The second-order valence-electron chi connectivity index (χ2n) is 4.81. The van der Waals surface area contributed by atoms with Gasteiger partial charge < -0.3 is 11.1 Å². The highest BCUT2D eigenvalue weighted by atomic mass is 32.3. The predicted molar refractivity (Wildman–Crippen MR) is 90.1 cm³/mol. The van der Waals surface area contributed by atoms with Gasteiger partial charge in [0.15, 0.2) is 0 Å². The molecule has 0 aliphatic carbocycles. The van der Waals surface area contributed by atoms with E-state index in [9.17, 15) is 8.42 Å². The molecular weight excluding hydrogens is 346 g/mol. The fourth-order valence-electron chi connectivity index (χ4n) is 1.87. The molecule has 1 aromatic rings. The first-order valence-corrected chi connectivity index (χ1v) is 9.79. The fraction of sp³-hybridized carbons (Fsp3) is 0.500. The van der Waals surface area contributed by atoms with E-state index in [2.05, 4.69) is 5.32 Å². The number of aryl methyl sites for hydroxylation is 1. The van der Waals surface area contributed by atoms with Crippen LogP contribution in [0.15, 0.2) is 18.2 Å². The number of nitrogen functional groups attached to an aromatic ring is 1. The number of hydrogen-bond donors (Lipinski definition) is 4. The molecule has 0 spiro atoms. The van der Waals surface area contributed by atoms with E-state index < -0.39 is 20.4 Å². The summed E-state index contributed by atoms with van der Waals surface area (Å²) >= 11 is 0. The van der Waals surface area contributed by atoms with Gasteiger partial charge in [-0.3, -0.25) is 9.11 Å². The topological polar surface area (TPSA) is 150 Å². The van der Waals surface area contributed by atoms with Crippen molar-refractivity contribution in [2.75, 3.05) is 23.9 Å². The van der Waals surface area contributed by atoms with Crippen LogP contribution in [0.4, 0.5) is 11.4 Å². The number of nitrogens with two attached hydrogens (primary N) is 1. The van der Waals surface area contributed by atoms with Crippen LogP contribution >= 0.6 is 0 Å². The summed E-state index contributed by atoms with van der Waals surface area (Å²) in [6.45, 7) is 5.98. The lowest BCUT2D eigenvalue weighted by Crippen LogP contribution is -2.42. The highest BCUT2D eigenvalue weighted by Gasteiger charge is 2.21. The van der Waals surface area contributed by atoms with E-state index in [1.165, 1.54) is 10.6 Å². The molecule has 9 nitrogen and oxygen atoms in total. The van der Waals surface area contributed by atoms with Crippen LogP contribution in [0.1, 0.15) is 19.4 Å². The number of hydrogen-bond acceptors (Lipinski definition) is 6. The van der Waals surface area contributed by atoms with Crippen molar-refractivity contribution in [2.24, 2.45) is 0 Å². The van der Waals surface area contributed by atoms with Crippen LogP contribution in [0, 0.1) is 6.92 Å². The maximum atomic E-state index is 11.6. The van der Waals surface area contributed by atoms with Gasteiger partial charge in [0, 0.05) is 17.9 Å². The molecule has 0 saturated heterocycles. The summed E-state index contributed by atoms with van der Waals surface area (Å²) in [5.74, 6) is 0. The van der Waals surface area contributed by atoms with Crippen LogP contribution < -0.4 is 11.1 Å². The molecule has 0 aromatic heterocycles. The first-order chi connectivity index (χ1) is 10.3. The molecule has 0 heterocycles. The van der Waals surface area contributed by atoms with Crippen molar-refractivity contribution in [2.45, 2.75) is 26.9 Å². The Balaban J connectivity index is 0.000000841. The lowest BCUT2D eigenvalue weighted by Gasteiger charge is -2.27. The van der Waals surface area contributed by atoms with Crippen molar-refractivity contribution in [3.8, 4) is 0 Å². The third-order valence-corrected chi connectivity index (χ3v) is 4.24. The predicted octanol–water partition coefficient (Wildman–Crippen LogP) is 0.964. The Hall–Kier alpha value is -1.40. The molecule has 0 bridgehead atoms. The van der Waals surface area contributed by atoms with Crippen LogP contribution in [0.3, 0.4) is 0 Å². The number of sulfonamides is 1. The Labute approximate surface area is 137 Å². The fourth-order valence-corrected chi connectivity index (χ4v) is 2.97. The number of benzene rings is 1. The minimum atomic E-state index is -4.67. The normalized spacial score (nSPS) is 13.2. The summed E-state index contributed by atoms with van der Waals surface area (Å²) in [7, 11) is -7.87. The van der Waals surface area contributed by atoms with Gasteiger partial charge in [-0.25, -0.2) is 8.42 Å². The zero-order chi connectivity index (χ0) is 18.4. The van der Waals surface area contributed by atoms with Crippen LogP contribution in [-0.4, -0.2) is 49.2 Å². The maximum Gasteiger partial charge on any atom is 0.394 e. The van der Waals surface area contributed by atoms with E-state index in [4.69, 9.17) is 23.3 Å². The lowest BCUT2D eigenvalue weighted by molar-refractivity contribution is 0.378. The minimum absolute atomic E-state index is 0.298. The first-order valence-electron chi connectivity index (χ1n) is 6.55. The largest absolute Gasteiger partial charge is 0.399 e. The molecule has 5 N–H and O–H groups in total. The van der Waals surface area contributed by atoms with Gasteiger partial charge in [0.05, 0.1) is 12.4 Å². The van der Waals surface area contributed by atoms with Crippen LogP contribution in [-0.2, 0) is 20.4 Å². The average Bonchev–Trinajstić information content (AvgIpc) is 2.30. The van der Waals surface area contributed by atoms with Crippen LogP contribution in [0.25, 0.3) is 0 Å². The summed E-state index contributed by atoms with van der Waals surface area (Å²) in [4.78, 5) is 0. The van der Waals surface area contributed by atoms with Crippen molar-refractivity contribution in [3.63, 3.8) is 0 Å². The Bertz CT molecular complexity index is 710. The summed E-state index contributed by atoms with van der Waals surface area (Å²) in [6, 6.07) is 5.55. The molecule has 1 unspecified atom stereocenters. The van der Waals surface area contributed by atoms with Crippen LogP contribution in [0.2, 0.25) is 0 Å². The van der Waals surface area contributed by atoms with Gasteiger partial charge in [0.1, 0.15) is 0 Å². The third-order valence-electron chi connectivity index (χ3n) is 2.81. The Morgan fingerprint density at radius 3 is 2.09 bits per heavy atom. The highest BCUT2D eigenvalue weighted by Crippen LogP contribution is 2.18. The Kier molecular flexibility index (Phi) is 7.94. The lowest BCUT2D eigenvalue weighted by atomic mass is 10.2. The molecule has 1 atom stereocenters. The van der Waals surface area contributed by atoms with Crippen molar-refractivity contribution in [1.82, 2.24) is 4.31 Å². The second-order valence-corrected chi connectivity index (χ2v) is 7.64. The Morgan fingerprint density at radius 1 is 1.26 bits per heavy atom. The zero-order valence-corrected chi connectivity index (χ0v) is 15.0. The molecule has 1 rings (SSSR count). The number of nitrogens with zero attached hydrogens (tertiary/aromatic N) is 1. The second kappa shape index (κ2) is 8.45. The molecule has 0 aliphatic rings. The van der Waals surface area contributed by atoms with E-state index in [1.807, 2.05) is 32.9 Å². The summed E-state index contributed by atoms with van der Waals surface area (Å²) < 4.78 is 56.1. The molecule has 0 saturated carbocycles. The van der Waals surface area contributed by atoms with Gasteiger partial charge in [-0.15, -0.1) is 0 Å². The third kappa shape index (κ3) is 9.36. The van der Waals surface area contributed by atoms with Gasteiger partial charge in [-0.05, 0) is 37.6 Å². The Morgan fingerprint density at radius 2 is 1.74 bits per heavy atom. The number of nitrogens with one attached hydrogen (secondary N) is 1. The number of anilines is 2. The molecule has 0 amide bonds. The summed E-state index contributed by atoms with van der Waals surface area (Å²) in [5.41, 5.74) is 8.29. The molecule has 0 radical (unpaired) electrons. The maximum absolute atomic E-state index is 11.6. The van der Waals surface area contributed by atoms with Crippen molar-refractivity contribution >= 4 is 31.8 Å². The zero-order valence-electron chi connectivity index (χ0n) is 13.4. The molecule has 134 valence electrons. The van der Waals surface area contributed by atoms with Crippen molar-refractivity contribution in [3.05, 3.63) is 23.8 Å². The average molecular weight is 369 g/mol. The molecule has 23 heavy (non-hydrogen) atoms. The molecular formula is C12H23N3O6S2. The molecule has 0 fully saturated rings. The quantitative estimate of drug-likeness (QED) is 0.340. The van der Waals surface area contributed by atoms with E-state index in [-0.39, 0.29) is 6.17 Å². The van der Waals surface area contributed by atoms with E-state index in [0.717, 1.165) is 16.9 Å². The van der Waals surface area contributed by atoms with Crippen molar-refractivity contribution < 1.29 is 25.9 Å². The molecule has 11 heteroatoms. The van der Waals surface area contributed by atoms with Gasteiger partial charge >= 0.3 is 10.4 Å². The van der Waals surface area contributed by atoms with Gasteiger partial charge in [0.25, 0.3) is 0 Å². The van der Waals surface area contributed by atoms with E-state index >= 15 is 0 Å². The molecule has 0 aliphatic heterocycles. The van der Waals surface area contributed by atoms with Gasteiger partial charge in [-0.1, -0.05) is 6.92 Å². The van der Waals surface area contributed by atoms with Crippen molar-refractivity contribution in [1.29, 1.82) is 0 Å². The van der Waals surface area contributed by atoms with E-state index in [0.29, 0.717) is 6.54 Å². The smallest absolute Gasteiger partial charge is 0.394 e. The minimum Gasteiger partial charge on any atom is -0.399 e. The summed E-state index contributed by atoms with van der Waals surface area (Å²) in [6.07, 6.45) is 0.913. The van der Waals surface area contributed by atoms with Gasteiger partial charge in [0.2, 0.25) is 10.0 Å². The standard InChI is InChI=1S/C12H21N3O2S.H2O4S/c1-5-15(18(4,16)17)10(3)14-11-6-7-12(13)9(2)8-11;1-5(2,3)4/h6-8,10,14H,5,13H2,1-4H3;(H2,1,2,3,4). The molecule has 1 aromatic carbocycles. The highest BCUT2D eigenvalue weighted by molar-refractivity contribution is 7.88. The van der Waals surface area contributed by atoms with Gasteiger partial charge in [-0.2, -0.15) is 12.7 Å². The van der Waals surface area contributed by atoms with E-state index in [1.54, 1.807) is 6.07 Å². The monoisotopic (exact) mass is 369 g/mol. The first kappa shape index (κ1) is 21.6. The van der Waals surface area contributed by atoms with Crippen LogP contribution in [0.5, 0.6) is 0 Å². The SMILES string of the molecule is CCN(C(C)Nc1ccc(N)c(C)c1)S(C)(=O)=O.O=S(=O)(O)O.